The van der Waals surface area contributed by atoms with Gasteiger partial charge in [0.15, 0.2) is 0 Å². The van der Waals surface area contributed by atoms with E-state index in [0.29, 0.717) is 16.8 Å². The Morgan fingerprint density at radius 1 is 1.35 bits per heavy atom. The first-order valence-corrected chi connectivity index (χ1v) is 7.41. The molecule has 6 nitrogen and oxygen atoms in total. The zero-order valence-corrected chi connectivity index (χ0v) is 13.5. The molecule has 1 N–H and O–H groups in total. The SMILES string of the molecule is [CH2]C(c1cc(Cl)c(Cl)cc1[N+](=O)[O-])c1nccc2[nH]c(C)nc12. The number of H-pyrrole nitrogens is 1. The lowest BCUT2D eigenvalue weighted by molar-refractivity contribution is -0.385. The van der Waals surface area contributed by atoms with Crippen LogP contribution in [-0.4, -0.2) is 19.9 Å². The summed E-state index contributed by atoms with van der Waals surface area (Å²) in [5.41, 5.74) is 2.15. The summed E-state index contributed by atoms with van der Waals surface area (Å²) in [6.45, 7) is 5.85. The van der Waals surface area contributed by atoms with Gasteiger partial charge in [0.2, 0.25) is 0 Å². The molecule has 1 unspecified atom stereocenters. The first-order chi connectivity index (χ1) is 10.9. The number of nitrogens with one attached hydrogen (secondary N) is 1. The molecule has 0 fully saturated rings. The van der Waals surface area contributed by atoms with Gasteiger partial charge >= 0.3 is 0 Å². The van der Waals surface area contributed by atoms with Gasteiger partial charge in [-0.05, 0) is 26.0 Å². The van der Waals surface area contributed by atoms with Crippen LogP contribution in [-0.2, 0) is 0 Å². The maximum atomic E-state index is 11.3. The molecule has 0 amide bonds. The number of rotatable bonds is 3. The quantitative estimate of drug-likeness (QED) is 0.559. The van der Waals surface area contributed by atoms with Crippen LogP contribution in [0.15, 0.2) is 24.4 Å². The number of benzene rings is 1. The highest BCUT2D eigenvalue weighted by Gasteiger charge is 2.25. The number of aromatic amines is 1. The van der Waals surface area contributed by atoms with Crippen molar-refractivity contribution in [1.82, 2.24) is 15.0 Å². The van der Waals surface area contributed by atoms with Gasteiger partial charge in [-0.15, -0.1) is 0 Å². The van der Waals surface area contributed by atoms with Crippen molar-refractivity contribution in [2.24, 2.45) is 0 Å². The van der Waals surface area contributed by atoms with Gasteiger partial charge in [0, 0.05) is 23.7 Å². The van der Waals surface area contributed by atoms with Crippen molar-refractivity contribution in [1.29, 1.82) is 0 Å². The predicted octanol–water partition coefficient (Wildman–Crippen LogP) is 4.45. The first kappa shape index (κ1) is 15.7. The summed E-state index contributed by atoms with van der Waals surface area (Å²) in [4.78, 5) is 22.6. The molecule has 117 valence electrons. The lowest BCUT2D eigenvalue weighted by atomic mass is 9.95. The van der Waals surface area contributed by atoms with E-state index in [1.54, 1.807) is 12.3 Å². The fraction of sp³-hybridized carbons (Fsp3) is 0.133. The zero-order chi connectivity index (χ0) is 16.7. The highest BCUT2D eigenvalue weighted by atomic mass is 35.5. The number of nitro groups is 1. The smallest absolute Gasteiger partial charge is 0.274 e. The summed E-state index contributed by atoms with van der Waals surface area (Å²) in [5.74, 6) is 0.113. The zero-order valence-electron chi connectivity index (χ0n) is 12.0. The number of nitro benzene ring substituents is 1. The number of pyridine rings is 1. The van der Waals surface area contributed by atoms with Gasteiger partial charge in [-0.3, -0.25) is 15.1 Å². The molecule has 3 rings (SSSR count). The summed E-state index contributed by atoms with van der Waals surface area (Å²) >= 11 is 11.9. The molecule has 0 saturated carbocycles. The number of hydrogen-bond donors (Lipinski definition) is 1. The molecule has 1 radical (unpaired) electrons. The molecule has 1 atom stereocenters. The topological polar surface area (TPSA) is 84.7 Å². The van der Waals surface area contributed by atoms with Crippen LogP contribution in [0.3, 0.4) is 0 Å². The molecule has 0 aliphatic carbocycles. The molecule has 8 heteroatoms. The normalized spacial score (nSPS) is 12.5. The molecule has 3 aromatic rings. The first-order valence-electron chi connectivity index (χ1n) is 6.66. The summed E-state index contributed by atoms with van der Waals surface area (Å²) in [7, 11) is 0. The average molecular weight is 350 g/mol. The van der Waals surface area contributed by atoms with E-state index in [2.05, 4.69) is 21.9 Å². The molecule has 0 aliphatic rings. The molecule has 0 aliphatic heterocycles. The molecule has 2 aromatic heterocycles. The Kier molecular flexibility index (Phi) is 3.95. The minimum atomic E-state index is -0.614. The van der Waals surface area contributed by atoms with E-state index in [9.17, 15) is 10.1 Å². The second kappa shape index (κ2) is 5.79. The molecular weight excluding hydrogens is 339 g/mol. The van der Waals surface area contributed by atoms with E-state index >= 15 is 0 Å². The van der Waals surface area contributed by atoms with Gasteiger partial charge in [-0.2, -0.15) is 0 Å². The van der Waals surface area contributed by atoms with Crippen molar-refractivity contribution in [2.45, 2.75) is 12.8 Å². The van der Waals surface area contributed by atoms with Gasteiger partial charge in [0.05, 0.1) is 26.2 Å². The van der Waals surface area contributed by atoms with E-state index in [0.717, 1.165) is 11.3 Å². The summed E-state index contributed by atoms with van der Waals surface area (Å²) in [6, 6.07) is 4.47. The molecule has 0 spiro atoms. The van der Waals surface area contributed by atoms with Crippen molar-refractivity contribution < 1.29 is 4.92 Å². The van der Waals surface area contributed by atoms with Crippen LogP contribution in [0.4, 0.5) is 5.69 Å². The Balaban J connectivity index is 2.21. The monoisotopic (exact) mass is 349 g/mol. The summed E-state index contributed by atoms with van der Waals surface area (Å²) < 4.78 is 0. The number of aryl methyl sites for hydroxylation is 1. The molecule has 0 saturated heterocycles. The van der Waals surface area contributed by atoms with Crippen molar-refractivity contribution >= 4 is 39.9 Å². The van der Waals surface area contributed by atoms with Crippen LogP contribution < -0.4 is 0 Å². The fourth-order valence-electron chi connectivity index (χ4n) is 2.47. The maximum absolute atomic E-state index is 11.3. The number of halogens is 2. The van der Waals surface area contributed by atoms with Crippen LogP contribution in [0.25, 0.3) is 11.0 Å². The third-order valence-electron chi connectivity index (χ3n) is 3.52. The second-order valence-corrected chi connectivity index (χ2v) is 5.86. The highest BCUT2D eigenvalue weighted by Crippen LogP contribution is 2.37. The third kappa shape index (κ3) is 2.75. The molecule has 1 aromatic carbocycles. The van der Waals surface area contributed by atoms with Crippen molar-refractivity contribution in [3.8, 4) is 0 Å². The van der Waals surface area contributed by atoms with E-state index in [4.69, 9.17) is 23.2 Å². The molecular formula is C15H11Cl2N4O2. The number of imidazole rings is 1. The lowest BCUT2D eigenvalue weighted by Gasteiger charge is -2.13. The van der Waals surface area contributed by atoms with Gasteiger partial charge in [-0.1, -0.05) is 23.2 Å². The Morgan fingerprint density at radius 2 is 2.04 bits per heavy atom. The standard InChI is InChI=1S/C15H11Cl2N4O2/c1-7(9-5-10(16)11(17)6-13(9)21(22)23)14-15-12(3-4-18-14)19-8(2)20-15/h3-7H,1H2,2H3,(H,19,20). The molecule has 23 heavy (non-hydrogen) atoms. The van der Waals surface area contributed by atoms with Crippen molar-refractivity contribution in [3.63, 3.8) is 0 Å². The minimum absolute atomic E-state index is 0.121. The van der Waals surface area contributed by atoms with Crippen LogP contribution in [0.1, 0.15) is 23.0 Å². The minimum Gasteiger partial charge on any atom is -0.342 e. The van der Waals surface area contributed by atoms with E-state index in [-0.39, 0.29) is 15.7 Å². The molecule has 0 bridgehead atoms. The van der Waals surface area contributed by atoms with Crippen molar-refractivity contribution in [2.75, 3.05) is 0 Å². The third-order valence-corrected chi connectivity index (χ3v) is 4.24. The Bertz CT molecular complexity index is 923. The Labute approximate surface area is 141 Å². The number of aromatic nitrogens is 3. The predicted molar refractivity (Wildman–Crippen MR) is 88.9 cm³/mol. The molecule has 2 heterocycles. The number of hydrogen-bond acceptors (Lipinski definition) is 4. The maximum Gasteiger partial charge on any atom is 0.274 e. The van der Waals surface area contributed by atoms with Gasteiger partial charge in [0.1, 0.15) is 11.3 Å². The number of fused-ring (bicyclic) bond motifs is 1. The number of nitrogens with zero attached hydrogens (tertiary/aromatic N) is 3. The fourth-order valence-corrected chi connectivity index (χ4v) is 2.80. The summed E-state index contributed by atoms with van der Waals surface area (Å²) in [6.07, 6.45) is 1.61. The van der Waals surface area contributed by atoms with Crippen LogP contribution in [0.2, 0.25) is 10.0 Å². The average Bonchev–Trinajstić information content (AvgIpc) is 2.88. The highest BCUT2D eigenvalue weighted by molar-refractivity contribution is 6.42. The van der Waals surface area contributed by atoms with E-state index in [1.807, 2.05) is 6.92 Å². The summed E-state index contributed by atoms with van der Waals surface area (Å²) in [5, 5.41) is 11.7. The van der Waals surface area contributed by atoms with Crippen LogP contribution in [0, 0.1) is 24.0 Å². The lowest BCUT2D eigenvalue weighted by Crippen LogP contribution is -2.05. The van der Waals surface area contributed by atoms with Gasteiger partial charge in [-0.25, -0.2) is 4.98 Å². The van der Waals surface area contributed by atoms with Gasteiger partial charge in [0.25, 0.3) is 5.69 Å². The van der Waals surface area contributed by atoms with Gasteiger partial charge < -0.3 is 4.98 Å². The van der Waals surface area contributed by atoms with E-state index < -0.39 is 10.8 Å². The van der Waals surface area contributed by atoms with Crippen molar-refractivity contribution in [3.05, 3.63) is 68.6 Å². The second-order valence-electron chi connectivity index (χ2n) is 5.05. The van der Waals surface area contributed by atoms with Crippen LogP contribution >= 0.6 is 23.2 Å². The Morgan fingerprint density at radius 3 is 2.74 bits per heavy atom. The Hall–Kier alpha value is -2.18. The van der Waals surface area contributed by atoms with E-state index in [1.165, 1.54) is 12.1 Å². The largest absolute Gasteiger partial charge is 0.342 e. The van der Waals surface area contributed by atoms with Crippen LogP contribution in [0.5, 0.6) is 0 Å².